The van der Waals surface area contributed by atoms with Crippen LogP contribution in [0.25, 0.3) is 0 Å². The SMILES string of the molecule is CCc1ccc(CNCc2cccnc2Oc2ccccc2C)o1. The predicted molar refractivity (Wildman–Crippen MR) is 94.1 cm³/mol. The zero-order chi connectivity index (χ0) is 16.8. The summed E-state index contributed by atoms with van der Waals surface area (Å²) >= 11 is 0. The topological polar surface area (TPSA) is 47.3 Å². The normalized spacial score (nSPS) is 10.8. The third kappa shape index (κ3) is 4.03. The highest BCUT2D eigenvalue weighted by Crippen LogP contribution is 2.25. The average Bonchev–Trinajstić information content (AvgIpc) is 3.06. The van der Waals surface area contributed by atoms with Crippen molar-refractivity contribution in [1.82, 2.24) is 10.3 Å². The van der Waals surface area contributed by atoms with Crippen LogP contribution in [0.2, 0.25) is 0 Å². The number of benzene rings is 1. The quantitative estimate of drug-likeness (QED) is 0.689. The fraction of sp³-hybridized carbons (Fsp3) is 0.250. The Labute approximate surface area is 142 Å². The molecule has 0 bridgehead atoms. The molecule has 3 rings (SSSR count). The molecule has 0 aliphatic rings. The predicted octanol–water partition coefficient (Wildman–Crippen LogP) is 4.63. The van der Waals surface area contributed by atoms with E-state index in [4.69, 9.17) is 9.15 Å². The van der Waals surface area contributed by atoms with Crippen LogP contribution in [-0.2, 0) is 19.5 Å². The van der Waals surface area contributed by atoms with E-state index in [0.29, 0.717) is 19.0 Å². The smallest absolute Gasteiger partial charge is 0.223 e. The summed E-state index contributed by atoms with van der Waals surface area (Å²) in [7, 11) is 0. The van der Waals surface area contributed by atoms with Crippen molar-refractivity contribution >= 4 is 0 Å². The van der Waals surface area contributed by atoms with E-state index in [1.807, 2.05) is 55.5 Å². The highest BCUT2D eigenvalue weighted by molar-refractivity contribution is 5.37. The number of nitrogens with zero attached hydrogens (tertiary/aromatic N) is 1. The monoisotopic (exact) mass is 322 g/mol. The van der Waals surface area contributed by atoms with Crippen LogP contribution in [0, 0.1) is 6.92 Å². The van der Waals surface area contributed by atoms with Crippen LogP contribution in [0.4, 0.5) is 0 Å². The summed E-state index contributed by atoms with van der Waals surface area (Å²) in [6.45, 7) is 5.45. The molecule has 0 fully saturated rings. The molecular formula is C20H22N2O2. The minimum absolute atomic E-state index is 0.632. The van der Waals surface area contributed by atoms with Gasteiger partial charge in [0.1, 0.15) is 17.3 Å². The van der Waals surface area contributed by atoms with Gasteiger partial charge in [0.05, 0.1) is 6.54 Å². The Kier molecular flexibility index (Phi) is 5.29. The van der Waals surface area contributed by atoms with Crippen LogP contribution >= 0.6 is 0 Å². The Morgan fingerprint density at radius 1 is 1.00 bits per heavy atom. The maximum absolute atomic E-state index is 5.99. The molecule has 0 unspecified atom stereocenters. The Morgan fingerprint density at radius 2 is 1.83 bits per heavy atom. The number of rotatable bonds is 7. The average molecular weight is 322 g/mol. The Bertz CT molecular complexity index is 796. The van der Waals surface area contributed by atoms with Gasteiger partial charge in [0.2, 0.25) is 5.88 Å². The third-order valence-corrected chi connectivity index (χ3v) is 3.83. The van der Waals surface area contributed by atoms with Crippen LogP contribution in [0.5, 0.6) is 11.6 Å². The van der Waals surface area contributed by atoms with E-state index in [1.54, 1.807) is 6.20 Å². The summed E-state index contributed by atoms with van der Waals surface area (Å²) in [5.74, 6) is 3.41. The second kappa shape index (κ2) is 7.79. The molecule has 4 nitrogen and oxygen atoms in total. The zero-order valence-corrected chi connectivity index (χ0v) is 14.1. The van der Waals surface area contributed by atoms with Crippen molar-refractivity contribution in [1.29, 1.82) is 0 Å². The molecule has 0 saturated carbocycles. The fourth-order valence-electron chi connectivity index (χ4n) is 2.45. The standard InChI is InChI=1S/C20H22N2O2/c1-3-17-10-11-18(23-17)14-21-13-16-8-6-12-22-20(16)24-19-9-5-4-7-15(19)2/h4-12,21H,3,13-14H2,1-2H3. The van der Waals surface area contributed by atoms with Gasteiger partial charge in [-0.25, -0.2) is 4.98 Å². The van der Waals surface area contributed by atoms with Gasteiger partial charge in [0, 0.05) is 24.7 Å². The number of para-hydroxylation sites is 1. The number of hydrogen-bond donors (Lipinski definition) is 1. The van der Waals surface area contributed by atoms with Crippen molar-refractivity contribution < 1.29 is 9.15 Å². The van der Waals surface area contributed by atoms with Gasteiger partial charge in [0.15, 0.2) is 0 Å². The molecule has 124 valence electrons. The van der Waals surface area contributed by atoms with E-state index in [0.717, 1.165) is 34.8 Å². The lowest BCUT2D eigenvalue weighted by Crippen LogP contribution is -2.13. The molecule has 0 saturated heterocycles. The number of ether oxygens (including phenoxy) is 1. The Hall–Kier alpha value is -2.59. The molecule has 1 aromatic carbocycles. The van der Waals surface area contributed by atoms with E-state index in [9.17, 15) is 0 Å². The summed E-state index contributed by atoms with van der Waals surface area (Å²) in [4.78, 5) is 4.37. The number of pyridine rings is 1. The maximum Gasteiger partial charge on any atom is 0.223 e. The Morgan fingerprint density at radius 3 is 2.62 bits per heavy atom. The first kappa shape index (κ1) is 16.3. The van der Waals surface area contributed by atoms with E-state index in [-0.39, 0.29) is 0 Å². The molecule has 0 radical (unpaired) electrons. The second-order valence-corrected chi connectivity index (χ2v) is 5.66. The molecule has 4 heteroatoms. The number of furan rings is 1. The molecule has 0 spiro atoms. The lowest BCUT2D eigenvalue weighted by Gasteiger charge is -2.11. The molecule has 3 aromatic rings. The van der Waals surface area contributed by atoms with E-state index < -0.39 is 0 Å². The van der Waals surface area contributed by atoms with Gasteiger partial charge in [-0.05, 0) is 36.8 Å². The molecule has 2 heterocycles. The van der Waals surface area contributed by atoms with Crippen molar-refractivity contribution in [2.45, 2.75) is 33.4 Å². The summed E-state index contributed by atoms with van der Waals surface area (Å²) < 4.78 is 11.7. The highest BCUT2D eigenvalue weighted by Gasteiger charge is 2.08. The van der Waals surface area contributed by atoms with Gasteiger partial charge in [-0.2, -0.15) is 0 Å². The minimum Gasteiger partial charge on any atom is -0.465 e. The fourth-order valence-corrected chi connectivity index (χ4v) is 2.45. The van der Waals surface area contributed by atoms with Crippen molar-refractivity contribution in [2.24, 2.45) is 0 Å². The van der Waals surface area contributed by atoms with Gasteiger partial charge in [-0.15, -0.1) is 0 Å². The summed E-state index contributed by atoms with van der Waals surface area (Å²) in [6.07, 6.45) is 2.66. The lowest BCUT2D eigenvalue weighted by atomic mass is 10.2. The van der Waals surface area contributed by atoms with E-state index >= 15 is 0 Å². The van der Waals surface area contributed by atoms with Gasteiger partial charge < -0.3 is 14.5 Å². The summed E-state index contributed by atoms with van der Waals surface area (Å²) in [5, 5.41) is 3.38. The number of hydrogen-bond acceptors (Lipinski definition) is 4. The number of aromatic nitrogens is 1. The molecule has 0 aliphatic carbocycles. The van der Waals surface area contributed by atoms with Gasteiger partial charge in [-0.1, -0.05) is 31.2 Å². The zero-order valence-electron chi connectivity index (χ0n) is 14.1. The molecule has 0 amide bonds. The van der Waals surface area contributed by atoms with Crippen LogP contribution in [0.1, 0.15) is 29.6 Å². The first-order valence-electron chi connectivity index (χ1n) is 8.22. The van der Waals surface area contributed by atoms with Crippen LogP contribution < -0.4 is 10.1 Å². The van der Waals surface area contributed by atoms with E-state index in [2.05, 4.69) is 17.2 Å². The lowest BCUT2D eigenvalue weighted by molar-refractivity contribution is 0.437. The summed E-state index contributed by atoms with van der Waals surface area (Å²) in [5.41, 5.74) is 2.10. The molecule has 1 N–H and O–H groups in total. The van der Waals surface area contributed by atoms with Gasteiger partial charge >= 0.3 is 0 Å². The van der Waals surface area contributed by atoms with Crippen LogP contribution in [-0.4, -0.2) is 4.98 Å². The van der Waals surface area contributed by atoms with Crippen molar-refractivity contribution in [2.75, 3.05) is 0 Å². The molecule has 2 aromatic heterocycles. The van der Waals surface area contributed by atoms with Crippen LogP contribution in [0.3, 0.4) is 0 Å². The van der Waals surface area contributed by atoms with E-state index in [1.165, 1.54) is 0 Å². The van der Waals surface area contributed by atoms with Crippen molar-refractivity contribution in [3.8, 4) is 11.6 Å². The number of nitrogens with one attached hydrogen (secondary N) is 1. The molecule has 24 heavy (non-hydrogen) atoms. The first-order valence-corrected chi connectivity index (χ1v) is 8.22. The van der Waals surface area contributed by atoms with Crippen molar-refractivity contribution in [3.63, 3.8) is 0 Å². The van der Waals surface area contributed by atoms with Gasteiger partial charge in [-0.3, -0.25) is 0 Å². The third-order valence-electron chi connectivity index (χ3n) is 3.83. The molecule has 0 atom stereocenters. The number of aryl methyl sites for hydroxylation is 2. The summed E-state index contributed by atoms with van der Waals surface area (Å²) in [6, 6.07) is 15.9. The Balaban J connectivity index is 1.64. The minimum atomic E-state index is 0.632. The van der Waals surface area contributed by atoms with Crippen molar-refractivity contribution in [3.05, 3.63) is 77.4 Å². The molecule has 0 aliphatic heterocycles. The largest absolute Gasteiger partial charge is 0.465 e. The van der Waals surface area contributed by atoms with Crippen LogP contribution in [0.15, 0.2) is 59.1 Å². The first-order chi connectivity index (χ1) is 11.8. The second-order valence-electron chi connectivity index (χ2n) is 5.66. The maximum atomic E-state index is 5.99. The molecular weight excluding hydrogens is 300 g/mol. The van der Waals surface area contributed by atoms with Gasteiger partial charge in [0.25, 0.3) is 0 Å². The highest BCUT2D eigenvalue weighted by atomic mass is 16.5.